The molecule has 0 bridgehead atoms. The van der Waals surface area contributed by atoms with Gasteiger partial charge in [-0.3, -0.25) is 9.59 Å². The molecule has 1 aliphatic rings. The Balaban J connectivity index is 2.46. The molecule has 0 saturated carbocycles. The number of carboxylic acids is 1. The molecule has 1 aromatic carbocycles. The van der Waals surface area contributed by atoms with Gasteiger partial charge in [0, 0.05) is 10.2 Å². The van der Waals surface area contributed by atoms with E-state index in [1.54, 1.807) is 6.07 Å². The van der Waals surface area contributed by atoms with Crippen molar-refractivity contribution in [2.24, 2.45) is 0 Å². The van der Waals surface area contributed by atoms with E-state index in [9.17, 15) is 9.59 Å². The smallest absolute Gasteiger partial charge is 0.307 e. The van der Waals surface area contributed by atoms with Gasteiger partial charge in [0.2, 0.25) is 5.91 Å². The van der Waals surface area contributed by atoms with Crippen molar-refractivity contribution in [3.05, 3.63) is 27.7 Å². The van der Waals surface area contributed by atoms with Crippen LogP contribution in [0.2, 0.25) is 0 Å². The fraction of sp³-hybridized carbons (Fsp3) is 0.200. The first-order chi connectivity index (χ1) is 7.06. The van der Waals surface area contributed by atoms with E-state index < -0.39 is 5.97 Å². The molecule has 0 spiro atoms. The fourth-order valence-corrected chi connectivity index (χ4v) is 2.24. The third-order valence-corrected chi connectivity index (χ3v) is 2.68. The highest BCUT2D eigenvalue weighted by atomic mass is 79.9. The summed E-state index contributed by atoms with van der Waals surface area (Å²) in [5.74, 6) is -0.994. The summed E-state index contributed by atoms with van der Waals surface area (Å²) >= 11 is 3.29. The topological polar surface area (TPSA) is 66.4 Å². The van der Waals surface area contributed by atoms with Gasteiger partial charge in [-0.25, -0.2) is 0 Å². The number of fused-ring (bicyclic) bond motifs is 1. The number of benzene rings is 1. The Kier molecular flexibility index (Phi) is 2.48. The van der Waals surface area contributed by atoms with Gasteiger partial charge in [0.1, 0.15) is 0 Å². The summed E-state index contributed by atoms with van der Waals surface area (Å²) in [4.78, 5) is 21.8. The average molecular weight is 270 g/mol. The van der Waals surface area contributed by atoms with Gasteiger partial charge in [-0.05, 0) is 23.3 Å². The second kappa shape index (κ2) is 3.66. The van der Waals surface area contributed by atoms with E-state index in [2.05, 4.69) is 21.2 Å². The molecule has 2 N–H and O–H groups in total. The van der Waals surface area contributed by atoms with Gasteiger partial charge < -0.3 is 10.4 Å². The van der Waals surface area contributed by atoms with Crippen molar-refractivity contribution in [1.82, 2.24) is 0 Å². The third kappa shape index (κ3) is 2.02. The molecule has 5 heteroatoms. The number of anilines is 1. The highest BCUT2D eigenvalue weighted by Gasteiger charge is 2.22. The van der Waals surface area contributed by atoms with Gasteiger partial charge in [-0.2, -0.15) is 0 Å². The first kappa shape index (κ1) is 10.2. The number of rotatable bonds is 2. The van der Waals surface area contributed by atoms with E-state index in [1.165, 1.54) is 0 Å². The Morgan fingerprint density at radius 2 is 2.27 bits per heavy atom. The van der Waals surface area contributed by atoms with Gasteiger partial charge in [-0.15, -0.1) is 0 Å². The van der Waals surface area contributed by atoms with E-state index in [1.807, 2.05) is 6.07 Å². The Hall–Kier alpha value is -1.36. The molecule has 0 radical (unpaired) electrons. The predicted octanol–water partition coefficient (Wildman–Crippen LogP) is 1.57. The normalized spacial score (nSPS) is 13.5. The number of nitrogens with one attached hydrogen (secondary N) is 1. The minimum atomic E-state index is -0.906. The molecule has 0 aliphatic carbocycles. The summed E-state index contributed by atoms with van der Waals surface area (Å²) in [6, 6.07) is 3.55. The van der Waals surface area contributed by atoms with E-state index in [4.69, 9.17) is 5.11 Å². The van der Waals surface area contributed by atoms with Gasteiger partial charge in [0.15, 0.2) is 0 Å². The van der Waals surface area contributed by atoms with Crippen LogP contribution in [0.4, 0.5) is 5.69 Å². The summed E-state index contributed by atoms with van der Waals surface area (Å²) < 4.78 is 0.800. The Morgan fingerprint density at radius 1 is 1.53 bits per heavy atom. The summed E-state index contributed by atoms with van der Waals surface area (Å²) in [5.41, 5.74) is 2.15. The predicted molar refractivity (Wildman–Crippen MR) is 57.8 cm³/mol. The first-order valence-corrected chi connectivity index (χ1v) is 5.18. The molecule has 1 aliphatic heterocycles. The van der Waals surface area contributed by atoms with E-state index in [-0.39, 0.29) is 12.3 Å². The van der Waals surface area contributed by atoms with Crippen LogP contribution >= 0.6 is 15.9 Å². The average Bonchev–Trinajstić information content (AvgIpc) is 2.44. The molecule has 78 valence electrons. The number of aliphatic carboxylic acids is 1. The number of carboxylic acid groups (broad SMARTS) is 1. The third-order valence-electron chi connectivity index (χ3n) is 2.22. The SMILES string of the molecule is O=C(O)Cc1cc(Br)cc2c1NC(=O)C2. The van der Waals surface area contributed by atoms with E-state index in [0.717, 1.165) is 10.0 Å². The zero-order valence-electron chi connectivity index (χ0n) is 7.71. The van der Waals surface area contributed by atoms with Crippen LogP contribution in [0.5, 0.6) is 0 Å². The molecule has 1 amide bonds. The minimum Gasteiger partial charge on any atom is -0.481 e. The molecular weight excluding hydrogens is 262 g/mol. The first-order valence-electron chi connectivity index (χ1n) is 4.39. The summed E-state index contributed by atoms with van der Waals surface area (Å²) in [6.07, 6.45) is 0.240. The largest absolute Gasteiger partial charge is 0.481 e. The van der Waals surface area contributed by atoms with Crippen molar-refractivity contribution in [2.45, 2.75) is 12.8 Å². The summed E-state index contributed by atoms with van der Waals surface area (Å²) in [7, 11) is 0. The number of carbonyl (C=O) groups is 2. The van der Waals surface area contributed by atoms with Crippen molar-refractivity contribution >= 4 is 33.5 Å². The number of hydrogen-bond acceptors (Lipinski definition) is 2. The number of halogens is 1. The van der Waals surface area contributed by atoms with Crippen molar-refractivity contribution in [3.8, 4) is 0 Å². The fourth-order valence-electron chi connectivity index (χ4n) is 1.68. The second-order valence-corrected chi connectivity index (χ2v) is 4.31. The van der Waals surface area contributed by atoms with Crippen LogP contribution in [-0.4, -0.2) is 17.0 Å². The Bertz CT molecular complexity index is 456. The highest BCUT2D eigenvalue weighted by molar-refractivity contribution is 9.10. The summed E-state index contributed by atoms with van der Waals surface area (Å²) in [5, 5.41) is 11.4. The molecule has 15 heavy (non-hydrogen) atoms. The van der Waals surface area contributed by atoms with Crippen molar-refractivity contribution < 1.29 is 14.7 Å². The zero-order valence-corrected chi connectivity index (χ0v) is 9.30. The van der Waals surface area contributed by atoms with Crippen molar-refractivity contribution in [1.29, 1.82) is 0 Å². The van der Waals surface area contributed by atoms with Gasteiger partial charge in [0.05, 0.1) is 12.8 Å². The monoisotopic (exact) mass is 269 g/mol. The van der Waals surface area contributed by atoms with Gasteiger partial charge >= 0.3 is 5.97 Å². The number of carbonyl (C=O) groups excluding carboxylic acids is 1. The molecule has 1 heterocycles. The molecule has 4 nitrogen and oxygen atoms in total. The minimum absolute atomic E-state index is 0.0813. The number of amides is 1. The van der Waals surface area contributed by atoms with Crippen LogP contribution < -0.4 is 5.32 Å². The van der Waals surface area contributed by atoms with E-state index >= 15 is 0 Å². The highest BCUT2D eigenvalue weighted by Crippen LogP contribution is 2.31. The van der Waals surface area contributed by atoms with Crippen molar-refractivity contribution in [2.75, 3.05) is 5.32 Å². The van der Waals surface area contributed by atoms with E-state index in [0.29, 0.717) is 17.7 Å². The quantitative estimate of drug-likeness (QED) is 0.857. The zero-order chi connectivity index (χ0) is 11.0. The maximum atomic E-state index is 11.2. The lowest BCUT2D eigenvalue weighted by Crippen LogP contribution is -2.07. The van der Waals surface area contributed by atoms with Crippen LogP contribution in [0.15, 0.2) is 16.6 Å². The van der Waals surface area contributed by atoms with Gasteiger partial charge in [0.25, 0.3) is 0 Å². The van der Waals surface area contributed by atoms with Crippen LogP contribution in [0.1, 0.15) is 11.1 Å². The lowest BCUT2D eigenvalue weighted by atomic mass is 10.1. The maximum absolute atomic E-state index is 11.2. The van der Waals surface area contributed by atoms with Crippen molar-refractivity contribution in [3.63, 3.8) is 0 Å². The van der Waals surface area contributed by atoms with Gasteiger partial charge in [-0.1, -0.05) is 15.9 Å². The lowest BCUT2D eigenvalue weighted by Gasteiger charge is -2.06. The Labute approximate surface area is 94.4 Å². The second-order valence-electron chi connectivity index (χ2n) is 3.39. The molecule has 0 atom stereocenters. The number of hydrogen-bond donors (Lipinski definition) is 2. The van der Waals surface area contributed by atoms with Crippen LogP contribution in [0.3, 0.4) is 0 Å². The Morgan fingerprint density at radius 3 is 2.93 bits per heavy atom. The maximum Gasteiger partial charge on any atom is 0.307 e. The van der Waals surface area contributed by atoms with Crippen LogP contribution in [-0.2, 0) is 22.4 Å². The molecule has 1 aromatic rings. The molecule has 0 unspecified atom stereocenters. The molecule has 2 rings (SSSR count). The molecule has 0 saturated heterocycles. The van der Waals surface area contributed by atoms with Crippen LogP contribution in [0.25, 0.3) is 0 Å². The van der Waals surface area contributed by atoms with Crippen LogP contribution in [0, 0.1) is 0 Å². The standard InChI is InChI=1S/C10H8BrNO3/c11-7-1-5-3-8(13)12-10(5)6(2-7)4-9(14)15/h1-2H,3-4H2,(H,12,13)(H,14,15). The molecule has 0 aromatic heterocycles. The molecule has 0 fully saturated rings. The summed E-state index contributed by atoms with van der Waals surface area (Å²) in [6.45, 7) is 0. The lowest BCUT2D eigenvalue weighted by molar-refractivity contribution is -0.136. The molecular formula is C10H8BrNO3.